The summed E-state index contributed by atoms with van der Waals surface area (Å²) in [5.74, 6) is 2.97. The van der Waals surface area contributed by atoms with Crippen LogP contribution in [0.5, 0.6) is 0 Å². The van der Waals surface area contributed by atoms with E-state index in [1.54, 1.807) is 0 Å². The van der Waals surface area contributed by atoms with Crippen LogP contribution in [0.4, 0.5) is 0 Å². The first-order valence-corrected chi connectivity index (χ1v) is 5.25. The molecule has 66 valence electrons. The Balaban J connectivity index is 2.49. The predicted molar refractivity (Wildman–Crippen MR) is 50.6 cm³/mol. The molecule has 0 spiro atoms. The first kappa shape index (κ1) is 9.09. The van der Waals surface area contributed by atoms with Crippen LogP contribution in [0.15, 0.2) is 0 Å². The molecule has 0 aromatic rings. The molecule has 1 aliphatic carbocycles. The molecule has 0 saturated heterocycles. The van der Waals surface area contributed by atoms with Gasteiger partial charge in [-0.3, -0.25) is 0 Å². The second kappa shape index (κ2) is 4.13. The van der Waals surface area contributed by atoms with Crippen molar-refractivity contribution in [3.05, 3.63) is 0 Å². The van der Waals surface area contributed by atoms with Crippen molar-refractivity contribution in [1.82, 2.24) is 0 Å². The molecule has 0 radical (unpaired) electrons. The van der Waals surface area contributed by atoms with Crippen LogP contribution < -0.4 is 0 Å². The summed E-state index contributed by atoms with van der Waals surface area (Å²) < 4.78 is 0. The van der Waals surface area contributed by atoms with Crippen LogP contribution in [0.1, 0.15) is 52.9 Å². The molecule has 11 heavy (non-hydrogen) atoms. The summed E-state index contributed by atoms with van der Waals surface area (Å²) in [7, 11) is 0. The lowest BCUT2D eigenvalue weighted by molar-refractivity contribution is 0.259. The van der Waals surface area contributed by atoms with Crippen molar-refractivity contribution in [1.29, 1.82) is 0 Å². The highest BCUT2D eigenvalue weighted by Gasteiger charge is 2.23. The Morgan fingerprint density at radius 3 is 2.36 bits per heavy atom. The van der Waals surface area contributed by atoms with E-state index < -0.39 is 0 Å². The molecule has 0 N–H and O–H groups in total. The molecular formula is C11H22. The standard InChI is InChI=1S/C11H22/c1-4-11-8-6-5-7-9(2)10(11)3/h9-11H,4-8H2,1-3H3. The smallest absolute Gasteiger partial charge is 0.0389 e. The number of rotatable bonds is 1. The minimum absolute atomic E-state index is 0.974. The molecule has 1 aliphatic rings. The predicted octanol–water partition coefficient (Wildman–Crippen LogP) is 3.86. The summed E-state index contributed by atoms with van der Waals surface area (Å²) in [5.41, 5.74) is 0. The van der Waals surface area contributed by atoms with Crippen LogP contribution in [0.2, 0.25) is 0 Å². The first-order chi connectivity index (χ1) is 5.25. The lowest BCUT2D eigenvalue weighted by atomic mass is 9.82. The van der Waals surface area contributed by atoms with Gasteiger partial charge in [0.1, 0.15) is 0 Å². The Morgan fingerprint density at radius 1 is 1.09 bits per heavy atom. The van der Waals surface area contributed by atoms with E-state index in [1.165, 1.54) is 32.1 Å². The summed E-state index contributed by atoms with van der Waals surface area (Å²) in [6.07, 6.45) is 7.31. The van der Waals surface area contributed by atoms with Gasteiger partial charge in [-0.15, -0.1) is 0 Å². The number of hydrogen-bond acceptors (Lipinski definition) is 0. The fraction of sp³-hybridized carbons (Fsp3) is 1.00. The lowest BCUT2D eigenvalue weighted by Crippen LogP contribution is -2.15. The Bertz CT molecular complexity index is 107. The minimum Gasteiger partial charge on any atom is -0.0651 e. The van der Waals surface area contributed by atoms with E-state index in [-0.39, 0.29) is 0 Å². The third-order valence-electron chi connectivity index (χ3n) is 3.65. The molecule has 0 aromatic heterocycles. The van der Waals surface area contributed by atoms with Crippen molar-refractivity contribution in [2.45, 2.75) is 52.9 Å². The third-order valence-corrected chi connectivity index (χ3v) is 3.65. The van der Waals surface area contributed by atoms with Gasteiger partial charge in [0.25, 0.3) is 0 Å². The van der Waals surface area contributed by atoms with Gasteiger partial charge in [-0.25, -0.2) is 0 Å². The van der Waals surface area contributed by atoms with E-state index in [0.717, 1.165) is 17.8 Å². The molecule has 3 atom stereocenters. The highest BCUT2D eigenvalue weighted by molar-refractivity contribution is 4.74. The van der Waals surface area contributed by atoms with Crippen molar-refractivity contribution in [2.24, 2.45) is 17.8 Å². The molecule has 0 aliphatic heterocycles. The summed E-state index contributed by atoms with van der Waals surface area (Å²) in [6.45, 7) is 7.22. The monoisotopic (exact) mass is 154 g/mol. The van der Waals surface area contributed by atoms with Crippen LogP contribution in [-0.2, 0) is 0 Å². The van der Waals surface area contributed by atoms with Crippen LogP contribution in [0, 0.1) is 17.8 Å². The Labute approximate surface area is 71.4 Å². The average molecular weight is 154 g/mol. The molecule has 0 heteroatoms. The molecule has 1 saturated carbocycles. The first-order valence-electron chi connectivity index (χ1n) is 5.25. The van der Waals surface area contributed by atoms with Crippen LogP contribution >= 0.6 is 0 Å². The zero-order chi connectivity index (χ0) is 8.27. The van der Waals surface area contributed by atoms with Gasteiger partial charge < -0.3 is 0 Å². The lowest BCUT2D eigenvalue weighted by Gasteiger charge is -2.24. The summed E-state index contributed by atoms with van der Waals surface area (Å²) in [5, 5.41) is 0. The van der Waals surface area contributed by atoms with Gasteiger partial charge in [0, 0.05) is 0 Å². The van der Waals surface area contributed by atoms with Gasteiger partial charge in [-0.2, -0.15) is 0 Å². The Hall–Kier alpha value is 0. The zero-order valence-electron chi connectivity index (χ0n) is 8.27. The Kier molecular flexibility index (Phi) is 3.42. The minimum atomic E-state index is 0.974. The molecule has 0 heterocycles. The van der Waals surface area contributed by atoms with E-state index >= 15 is 0 Å². The highest BCUT2D eigenvalue weighted by atomic mass is 14.3. The van der Waals surface area contributed by atoms with E-state index in [1.807, 2.05) is 0 Å². The fourth-order valence-electron chi connectivity index (χ4n) is 2.44. The molecule has 3 unspecified atom stereocenters. The van der Waals surface area contributed by atoms with Gasteiger partial charge in [0.2, 0.25) is 0 Å². The maximum atomic E-state index is 2.45. The maximum absolute atomic E-state index is 2.45. The van der Waals surface area contributed by atoms with Crippen molar-refractivity contribution in [3.8, 4) is 0 Å². The van der Waals surface area contributed by atoms with E-state index in [4.69, 9.17) is 0 Å². The average Bonchev–Trinajstić information content (AvgIpc) is 2.16. The summed E-state index contributed by atoms with van der Waals surface area (Å²) >= 11 is 0. The Morgan fingerprint density at radius 2 is 1.73 bits per heavy atom. The van der Waals surface area contributed by atoms with E-state index in [2.05, 4.69) is 20.8 Å². The second-order valence-corrected chi connectivity index (χ2v) is 4.29. The largest absolute Gasteiger partial charge is 0.0651 e. The van der Waals surface area contributed by atoms with Crippen molar-refractivity contribution >= 4 is 0 Å². The van der Waals surface area contributed by atoms with Crippen LogP contribution in [-0.4, -0.2) is 0 Å². The van der Waals surface area contributed by atoms with Gasteiger partial charge in [-0.05, 0) is 17.8 Å². The van der Waals surface area contributed by atoms with Crippen molar-refractivity contribution < 1.29 is 0 Å². The van der Waals surface area contributed by atoms with Gasteiger partial charge in [0.15, 0.2) is 0 Å². The molecule has 0 amide bonds. The molecule has 0 aromatic carbocycles. The summed E-state index contributed by atoms with van der Waals surface area (Å²) in [4.78, 5) is 0. The highest BCUT2D eigenvalue weighted by Crippen LogP contribution is 2.34. The maximum Gasteiger partial charge on any atom is -0.0389 e. The topological polar surface area (TPSA) is 0 Å². The molecule has 1 fully saturated rings. The molecule has 0 nitrogen and oxygen atoms in total. The van der Waals surface area contributed by atoms with Crippen LogP contribution in [0.3, 0.4) is 0 Å². The molecular weight excluding hydrogens is 132 g/mol. The molecule has 0 bridgehead atoms. The summed E-state index contributed by atoms with van der Waals surface area (Å²) in [6, 6.07) is 0. The van der Waals surface area contributed by atoms with Crippen molar-refractivity contribution in [2.75, 3.05) is 0 Å². The normalized spacial score (nSPS) is 40.1. The second-order valence-electron chi connectivity index (χ2n) is 4.29. The SMILES string of the molecule is CCC1CCCCC(C)C1C. The van der Waals surface area contributed by atoms with Crippen LogP contribution in [0.25, 0.3) is 0 Å². The fourth-order valence-corrected chi connectivity index (χ4v) is 2.44. The zero-order valence-corrected chi connectivity index (χ0v) is 8.27. The van der Waals surface area contributed by atoms with E-state index in [9.17, 15) is 0 Å². The number of hydrogen-bond donors (Lipinski definition) is 0. The van der Waals surface area contributed by atoms with Gasteiger partial charge in [-0.1, -0.05) is 52.9 Å². The van der Waals surface area contributed by atoms with E-state index in [0.29, 0.717) is 0 Å². The quantitative estimate of drug-likeness (QED) is 0.503. The van der Waals surface area contributed by atoms with Gasteiger partial charge in [0.05, 0.1) is 0 Å². The molecule has 1 rings (SSSR count). The third kappa shape index (κ3) is 2.21. The van der Waals surface area contributed by atoms with Crippen molar-refractivity contribution in [3.63, 3.8) is 0 Å². The van der Waals surface area contributed by atoms with Gasteiger partial charge >= 0.3 is 0 Å².